The van der Waals surface area contributed by atoms with Gasteiger partial charge >= 0.3 is 0 Å². The Kier molecular flexibility index (Phi) is 4.53. The van der Waals surface area contributed by atoms with Crippen LogP contribution in [0.3, 0.4) is 0 Å². The summed E-state index contributed by atoms with van der Waals surface area (Å²) in [6.07, 6.45) is 0.145. The summed E-state index contributed by atoms with van der Waals surface area (Å²) in [7, 11) is 1.57. The molecule has 1 atom stereocenters. The number of thioether (sulfide) groups is 1. The van der Waals surface area contributed by atoms with Gasteiger partial charge in [0.2, 0.25) is 11.8 Å². The van der Waals surface area contributed by atoms with E-state index in [9.17, 15) is 9.59 Å². The van der Waals surface area contributed by atoms with Crippen molar-refractivity contribution < 1.29 is 14.3 Å². The van der Waals surface area contributed by atoms with E-state index < -0.39 is 5.25 Å². The summed E-state index contributed by atoms with van der Waals surface area (Å²) in [5, 5.41) is 0.0241. The number of aryl methyl sites for hydroxylation is 2. The van der Waals surface area contributed by atoms with Gasteiger partial charge in [0.25, 0.3) is 0 Å². The van der Waals surface area contributed by atoms with Crippen LogP contribution < -0.4 is 9.64 Å². The van der Waals surface area contributed by atoms with Gasteiger partial charge in [-0.2, -0.15) is 0 Å². The number of hydrogen-bond donors (Lipinski definition) is 0. The monoisotopic (exact) mass is 343 g/mol. The van der Waals surface area contributed by atoms with Crippen molar-refractivity contribution in [3.63, 3.8) is 0 Å². The van der Waals surface area contributed by atoms with E-state index >= 15 is 0 Å². The van der Waals surface area contributed by atoms with Crippen molar-refractivity contribution in [3.05, 3.63) is 41.7 Å². The summed E-state index contributed by atoms with van der Waals surface area (Å²) in [6, 6.07) is 8.73. The molecule has 2 heterocycles. The van der Waals surface area contributed by atoms with Crippen molar-refractivity contribution in [1.82, 2.24) is 9.97 Å². The van der Waals surface area contributed by atoms with Crippen LogP contribution in [0.4, 0.5) is 5.69 Å². The highest BCUT2D eigenvalue weighted by molar-refractivity contribution is 8.00. The first kappa shape index (κ1) is 16.4. The molecule has 1 aliphatic rings. The maximum atomic E-state index is 12.6. The third-order valence-corrected chi connectivity index (χ3v) is 4.69. The van der Waals surface area contributed by atoms with Gasteiger partial charge in [0.15, 0.2) is 5.16 Å². The Hall–Kier alpha value is -2.41. The largest absolute Gasteiger partial charge is 0.497 e. The van der Waals surface area contributed by atoms with Crippen molar-refractivity contribution in [2.45, 2.75) is 30.7 Å². The number of ether oxygens (including phenoxy) is 1. The Morgan fingerprint density at radius 2 is 1.75 bits per heavy atom. The molecular formula is C17H17N3O3S. The number of imide groups is 1. The quantitative estimate of drug-likeness (QED) is 0.627. The van der Waals surface area contributed by atoms with Crippen LogP contribution in [0.2, 0.25) is 0 Å². The van der Waals surface area contributed by atoms with Crippen LogP contribution in [-0.4, -0.2) is 34.1 Å². The summed E-state index contributed by atoms with van der Waals surface area (Å²) in [5.74, 6) is 0.220. The van der Waals surface area contributed by atoms with Crippen LogP contribution in [0.25, 0.3) is 0 Å². The Morgan fingerprint density at radius 1 is 1.12 bits per heavy atom. The normalized spacial score (nSPS) is 17.5. The molecule has 0 N–H and O–H groups in total. The highest BCUT2D eigenvalue weighted by atomic mass is 32.2. The van der Waals surface area contributed by atoms with Crippen LogP contribution >= 0.6 is 11.8 Å². The number of hydrogen-bond acceptors (Lipinski definition) is 6. The van der Waals surface area contributed by atoms with E-state index in [2.05, 4.69) is 9.97 Å². The maximum absolute atomic E-state index is 12.6. The number of rotatable bonds is 4. The second-order valence-electron chi connectivity index (χ2n) is 5.51. The SMILES string of the molecule is COc1ccc(N2C(=O)C[C@@H](Sc3nc(C)cc(C)n3)C2=O)cc1. The third kappa shape index (κ3) is 3.26. The molecule has 0 radical (unpaired) electrons. The fourth-order valence-electron chi connectivity index (χ4n) is 2.57. The number of aromatic nitrogens is 2. The first-order valence-corrected chi connectivity index (χ1v) is 8.35. The number of anilines is 1. The molecule has 1 saturated heterocycles. The van der Waals surface area contributed by atoms with Gasteiger partial charge in [-0.05, 0) is 44.2 Å². The zero-order valence-electron chi connectivity index (χ0n) is 13.6. The Labute approximate surface area is 144 Å². The lowest BCUT2D eigenvalue weighted by Crippen LogP contribution is -2.31. The van der Waals surface area contributed by atoms with Crippen molar-refractivity contribution in [3.8, 4) is 5.75 Å². The second kappa shape index (κ2) is 6.60. The molecule has 24 heavy (non-hydrogen) atoms. The first-order chi connectivity index (χ1) is 11.5. The van der Waals surface area contributed by atoms with Gasteiger partial charge in [-0.15, -0.1) is 0 Å². The van der Waals surface area contributed by atoms with Crippen molar-refractivity contribution in [1.29, 1.82) is 0 Å². The topological polar surface area (TPSA) is 72.4 Å². The molecule has 1 aliphatic heterocycles. The number of benzene rings is 1. The van der Waals surface area contributed by atoms with Gasteiger partial charge in [0, 0.05) is 17.8 Å². The van der Waals surface area contributed by atoms with E-state index in [-0.39, 0.29) is 18.2 Å². The average Bonchev–Trinajstić information content (AvgIpc) is 2.80. The lowest BCUT2D eigenvalue weighted by Gasteiger charge is -2.15. The van der Waals surface area contributed by atoms with E-state index in [1.165, 1.54) is 16.7 Å². The minimum absolute atomic E-state index is 0.145. The number of methoxy groups -OCH3 is 1. The summed E-state index contributed by atoms with van der Waals surface area (Å²) in [4.78, 5) is 34.8. The Balaban J connectivity index is 1.80. The smallest absolute Gasteiger partial charge is 0.247 e. The van der Waals surface area contributed by atoms with Crippen LogP contribution in [0.5, 0.6) is 5.75 Å². The van der Waals surface area contributed by atoms with Gasteiger partial charge < -0.3 is 4.74 Å². The zero-order chi connectivity index (χ0) is 17.3. The van der Waals surface area contributed by atoms with Crippen LogP contribution in [0, 0.1) is 13.8 Å². The fraction of sp³-hybridized carbons (Fsp3) is 0.294. The van der Waals surface area contributed by atoms with Crippen LogP contribution in [0.15, 0.2) is 35.5 Å². The summed E-state index contributed by atoms with van der Waals surface area (Å²) in [5.41, 5.74) is 2.23. The molecule has 6 nitrogen and oxygen atoms in total. The predicted octanol–water partition coefficient (Wildman–Crippen LogP) is 2.53. The van der Waals surface area contributed by atoms with E-state index in [0.29, 0.717) is 16.6 Å². The lowest BCUT2D eigenvalue weighted by atomic mass is 10.3. The molecule has 1 fully saturated rings. The number of carbonyl (C=O) groups excluding carboxylic acids is 2. The van der Waals surface area contributed by atoms with Gasteiger partial charge in [0.1, 0.15) is 11.0 Å². The van der Waals surface area contributed by atoms with E-state index in [0.717, 1.165) is 11.4 Å². The first-order valence-electron chi connectivity index (χ1n) is 7.47. The second-order valence-corrected chi connectivity index (χ2v) is 6.68. The minimum atomic E-state index is -0.499. The number of nitrogens with zero attached hydrogens (tertiary/aromatic N) is 3. The molecule has 124 valence electrons. The summed E-state index contributed by atoms with van der Waals surface area (Å²) >= 11 is 1.24. The lowest BCUT2D eigenvalue weighted by molar-refractivity contribution is -0.121. The average molecular weight is 343 g/mol. The van der Waals surface area contributed by atoms with Crippen LogP contribution in [0.1, 0.15) is 17.8 Å². The number of amides is 2. The minimum Gasteiger partial charge on any atom is -0.497 e. The molecule has 2 aromatic rings. The van der Waals surface area contributed by atoms with Gasteiger partial charge in [-0.3, -0.25) is 9.59 Å². The molecule has 1 aromatic heterocycles. The molecule has 3 rings (SSSR count). The highest BCUT2D eigenvalue weighted by Crippen LogP contribution is 2.33. The molecular weight excluding hydrogens is 326 g/mol. The van der Waals surface area contributed by atoms with E-state index in [1.54, 1.807) is 31.4 Å². The van der Waals surface area contributed by atoms with E-state index in [1.807, 2.05) is 19.9 Å². The molecule has 7 heteroatoms. The van der Waals surface area contributed by atoms with Crippen molar-refractivity contribution >= 4 is 29.3 Å². The van der Waals surface area contributed by atoms with Gasteiger partial charge in [-0.25, -0.2) is 14.9 Å². The fourth-order valence-corrected chi connectivity index (χ4v) is 3.65. The molecule has 0 saturated carbocycles. The third-order valence-electron chi connectivity index (χ3n) is 3.65. The number of carbonyl (C=O) groups is 2. The van der Waals surface area contributed by atoms with Gasteiger partial charge in [0.05, 0.1) is 12.8 Å². The van der Waals surface area contributed by atoms with Crippen molar-refractivity contribution in [2.24, 2.45) is 0 Å². The standard InChI is InChI=1S/C17H17N3O3S/c1-10-8-11(2)19-17(18-10)24-14-9-15(21)20(16(14)22)12-4-6-13(23-3)7-5-12/h4-8,14H,9H2,1-3H3/t14-/m1/s1. The van der Waals surface area contributed by atoms with Crippen LogP contribution in [-0.2, 0) is 9.59 Å². The molecule has 0 spiro atoms. The maximum Gasteiger partial charge on any atom is 0.247 e. The molecule has 0 bridgehead atoms. The summed E-state index contributed by atoms with van der Waals surface area (Å²) < 4.78 is 5.10. The summed E-state index contributed by atoms with van der Waals surface area (Å²) in [6.45, 7) is 3.76. The Bertz CT molecular complexity index is 772. The highest BCUT2D eigenvalue weighted by Gasteiger charge is 2.40. The molecule has 1 aromatic carbocycles. The van der Waals surface area contributed by atoms with Gasteiger partial charge in [-0.1, -0.05) is 11.8 Å². The molecule has 0 aliphatic carbocycles. The molecule has 2 amide bonds. The molecule has 0 unspecified atom stereocenters. The van der Waals surface area contributed by atoms with E-state index in [4.69, 9.17) is 4.74 Å². The van der Waals surface area contributed by atoms with Crippen molar-refractivity contribution in [2.75, 3.05) is 12.0 Å². The predicted molar refractivity (Wildman–Crippen MR) is 91.3 cm³/mol. The zero-order valence-corrected chi connectivity index (χ0v) is 14.5. The Morgan fingerprint density at radius 3 is 2.33 bits per heavy atom.